The van der Waals surface area contributed by atoms with Crippen LogP contribution in [0.4, 0.5) is 4.39 Å². The Morgan fingerprint density at radius 2 is 2.25 bits per heavy atom. The van der Waals surface area contributed by atoms with Gasteiger partial charge in [-0.2, -0.15) is 4.98 Å². The summed E-state index contributed by atoms with van der Waals surface area (Å²) in [5, 5.41) is 3.76. The van der Waals surface area contributed by atoms with Crippen molar-refractivity contribution >= 4 is 0 Å². The van der Waals surface area contributed by atoms with Crippen LogP contribution in [0.3, 0.4) is 0 Å². The first-order chi connectivity index (χ1) is 7.70. The fourth-order valence-electron chi connectivity index (χ4n) is 1.42. The van der Waals surface area contributed by atoms with Crippen LogP contribution in [0.25, 0.3) is 11.5 Å². The molecule has 1 aromatic heterocycles. The van der Waals surface area contributed by atoms with Crippen LogP contribution in [0.5, 0.6) is 0 Å². The van der Waals surface area contributed by atoms with Crippen molar-refractivity contribution in [3.05, 3.63) is 35.4 Å². The van der Waals surface area contributed by atoms with Crippen molar-refractivity contribution in [2.75, 3.05) is 6.54 Å². The van der Waals surface area contributed by atoms with Gasteiger partial charge >= 0.3 is 0 Å². The molecule has 84 valence electrons. The van der Waals surface area contributed by atoms with E-state index in [2.05, 4.69) is 10.1 Å². The van der Waals surface area contributed by atoms with Gasteiger partial charge in [-0.05, 0) is 31.2 Å². The Morgan fingerprint density at radius 3 is 3.00 bits per heavy atom. The predicted molar refractivity (Wildman–Crippen MR) is 57.2 cm³/mol. The number of hydrogen-bond donors (Lipinski definition) is 1. The highest BCUT2D eigenvalue weighted by Gasteiger charge is 2.11. The van der Waals surface area contributed by atoms with E-state index in [9.17, 15) is 4.39 Å². The molecule has 0 radical (unpaired) electrons. The third-order valence-corrected chi connectivity index (χ3v) is 2.27. The average molecular weight is 221 g/mol. The summed E-state index contributed by atoms with van der Waals surface area (Å²) in [6, 6.07) is 4.46. The number of nitrogens with zero attached hydrogens (tertiary/aromatic N) is 2. The lowest BCUT2D eigenvalue weighted by Crippen LogP contribution is -2.03. The number of halogens is 1. The fraction of sp³-hybridized carbons (Fsp3) is 0.273. The molecule has 0 aliphatic heterocycles. The Labute approximate surface area is 92.3 Å². The van der Waals surface area contributed by atoms with E-state index in [0.717, 1.165) is 5.56 Å². The molecule has 4 nitrogen and oxygen atoms in total. The van der Waals surface area contributed by atoms with E-state index in [4.69, 9.17) is 10.3 Å². The molecule has 0 atom stereocenters. The highest BCUT2D eigenvalue weighted by molar-refractivity contribution is 5.57. The van der Waals surface area contributed by atoms with E-state index >= 15 is 0 Å². The highest BCUT2D eigenvalue weighted by atomic mass is 19.1. The van der Waals surface area contributed by atoms with Crippen LogP contribution in [0.2, 0.25) is 0 Å². The van der Waals surface area contributed by atoms with Crippen molar-refractivity contribution in [3.8, 4) is 11.5 Å². The first-order valence-corrected chi connectivity index (χ1v) is 5.00. The molecule has 1 aromatic carbocycles. The summed E-state index contributed by atoms with van der Waals surface area (Å²) < 4.78 is 18.1. The third-order valence-electron chi connectivity index (χ3n) is 2.27. The van der Waals surface area contributed by atoms with E-state index < -0.39 is 0 Å². The van der Waals surface area contributed by atoms with Crippen molar-refractivity contribution in [1.82, 2.24) is 10.1 Å². The minimum Gasteiger partial charge on any atom is -0.334 e. The van der Waals surface area contributed by atoms with Gasteiger partial charge in [-0.3, -0.25) is 0 Å². The van der Waals surface area contributed by atoms with E-state index in [0.29, 0.717) is 30.2 Å². The SMILES string of the molecule is Cc1ccc(F)cc1-c1nc(CCN)no1. The minimum absolute atomic E-state index is 0.320. The minimum atomic E-state index is -0.320. The van der Waals surface area contributed by atoms with E-state index in [-0.39, 0.29) is 5.82 Å². The molecular weight excluding hydrogens is 209 g/mol. The third kappa shape index (κ3) is 2.09. The van der Waals surface area contributed by atoms with Gasteiger partial charge in [0.2, 0.25) is 0 Å². The maximum Gasteiger partial charge on any atom is 0.258 e. The Bertz CT molecular complexity index is 496. The lowest BCUT2D eigenvalue weighted by Gasteiger charge is -1.99. The average Bonchev–Trinajstić information content (AvgIpc) is 2.71. The molecule has 2 aromatic rings. The summed E-state index contributed by atoms with van der Waals surface area (Å²) in [4.78, 5) is 4.15. The van der Waals surface area contributed by atoms with Crippen LogP contribution >= 0.6 is 0 Å². The Morgan fingerprint density at radius 1 is 1.44 bits per heavy atom. The van der Waals surface area contributed by atoms with Gasteiger partial charge in [0.25, 0.3) is 5.89 Å². The van der Waals surface area contributed by atoms with Gasteiger partial charge in [-0.1, -0.05) is 11.2 Å². The van der Waals surface area contributed by atoms with Gasteiger partial charge in [0.15, 0.2) is 5.82 Å². The summed E-state index contributed by atoms with van der Waals surface area (Å²) in [6.45, 7) is 2.32. The first-order valence-electron chi connectivity index (χ1n) is 5.00. The molecule has 0 bridgehead atoms. The molecular formula is C11H12FN3O. The maximum atomic E-state index is 13.1. The smallest absolute Gasteiger partial charge is 0.258 e. The molecule has 0 aliphatic rings. The zero-order valence-electron chi connectivity index (χ0n) is 8.90. The molecule has 1 heterocycles. The molecule has 5 heteroatoms. The first kappa shape index (κ1) is 10.8. The van der Waals surface area contributed by atoms with Crippen LogP contribution in [-0.2, 0) is 6.42 Å². The molecule has 0 spiro atoms. The molecule has 2 N–H and O–H groups in total. The molecule has 0 unspecified atom stereocenters. The standard InChI is InChI=1S/C11H12FN3O/c1-7-2-3-8(12)6-9(7)11-14-10(4-5-13)15-16-11/h2-3,6H,4-5,13H2,1H3. The number of aryl methyl sites for hydroxylation is 1. The van der Waals surface area contributed by atoms with Crippen molar-refractivity contribution in [2.24, 2.45) is 5.73 Å². The summed E-state index contributed by atoms with van der Waals surface area (Å²) in [6.07, 6.45) is 0.553. The number of rotatable bonds is 3. The van der Waals surface area contributed by atoms with Crippen molar-refractivity contribution in [3.63, 3.8) is 0 Å². The van der Waals surface area contributed by atoms with Crippen LogP contribution in [-0.4, -0.2) is 16.7 Å². The summed E-state index contributed by atoms with van der Waals surface area (Å²) >= 11 is 0. The topological polar surface area (TPSA) is 64.9 Å². The quantitative estimate of drug-likeness (QED) is 0.856. The van der Waals surface area contributed by atoms with Gasteiger partial charge in [0, 0.05) is 12.0 Å². The fourth-order valence-corrected chi connectivity index (χ4v) is 1.42. The predicted octanol–water partition coefficient (Wildman–Crippen LogP) is 1.69. The molecule has 16 heavy (non-hydrogen) atoms. The normalized spacial score (nSPS) is 10.7. The lowest BCUT2D eigenvalue weighted by molar-refractivity contribution is 0.422. The molecule has 0 fully saturated rings. The molecule has 0 saturated carbocycles. The van der Waals surface area contributed by atoms with Gasteiger partial charge in [0.1, 0.15) is 5.82 Å². The zero-order valence-corrected chi connectivity index (χ0v) is 8.90. The zero-order chi connectivity index (χ0) is 11.5. The summed E-state index contributed by atoms with van der Waals surface area (Å²) in [5.74, 6) is 0.556. The number of nitrogens with two attached hydrogens (primary N) is 1. The Hall–Kier alpha value is -1.75. The van der Waals surface area contributed by atoms with Gasteiger partial charge in [-0.25, -0.2) is 4.39 Å². The van der Waals surface area contributed by atoms with Crippen LogP contribution < -0.4 is 5.73 Å². The Balaban J connectivity index is 2.38. The van der Waals surface area contributed by atoms with E-state index in [1.807, 2.05) is 6.92 Å². The second-order valence-corrected chi connectivity index (χ2v) is 3.51. The van der Waals surface area contributed by atoms with Crippen molar-refractivity contribution in [1.29, 1.82) is 0 Å². The van der Waals surface area contributed by atoms with Gasteiger partial charge in [0.05, 0.1) is 0 Å². The number of hydrogen-bond acceptors (Lipinski definition) is 4. The van der Waals surface area contributed by atoms with Crippen LogP contribution in [0.15, 0.2) is 22.7 Å². The molecule has 0 saturated heterocycles. The molecule has 0 amide bonds. The second kappa shape index (κ2) is 4.40. The number of benzene rings is 1. The van der Waals surface area contributed by atoms with E-state index in [1.165, 1.54) is 12.1 Å². The number of aromatic nitrogens is 2. The molecule has 2 rings (SSSR count). The largest absolute Gasteiger partial charge is 0.334 e. The summed E-state index contributed by atoms with van der Waals surface area (Å²) in [5.41, 5.74) is 6.89. The molecule has 0 aliphatic carbocycles. The van der Waals surface area contributed by atoms with E-state index in [1.54, 1.807) is 6.07 Å². The van der Waals surface area contributed by atoms with Crippen molar-refractivity contribution < 1.29 is 8.91 Å². The van der Waals surface area contributed by atoms with Crippen molar-refractivity contribution in [2.45, 2.75) is 13.3 Å². The second-order valence-electron chi connectivity index (χ2n) is 3.51. The monoisotopic (exact) mass is 221 g/mol. The van der Waals surface area contributed by atoms with Gasteiger partial charge in [-0.15, -0.1) is 0 Å². The maximum absolute atomic E-state index is 13.1. The van der Waals surface area contributed by atoms with Crippen LogP contribution in [0.1, 0.15) is 11.4 Å². The Kier molecular flexibility index (Phi) is 2.96. The summed E-state index contributed by atoms with van der Waals surface area (Å²) in [7, 11) is 0. The highest BCUT2D eigenvalue weighted by Crippen LogP contribution is 2.22. The van der Waals surface area contributed by atoms with Gasteiger partial charge < -0.3 is 10.3 Å². The lowest BCUT2D eigenvalue weighted by atomic mass is 10.1. The van der Waals surface area contributed by atoms with Crippen LogP contribution in [0, 0.1) is 12.7 Å².